The van der Waals surface area contributed by atoms with Crippen LogP contribution in [-0.2, 0) is 12.7 Å². The first-order valence-electron chi connectivity index (χ1n) is 4.24. The fourth-order valence-corrected chi connectivity index (χ4v) is 1.40. The van der Waals surface area contributed by atoms with Crippen molar-refractivity contribution in [3.05, 3.63) is 34.4 Å². The van der Waals surface area contributed by atoms with Gasteiger partial charge in [0.15, 0.2) is 0 Å². The van der Waals surface area contributed by atoms with Crippen LogP contribution in [0.5, 0.6) is 0 Å². The molecule has 78 valence electrons. The van der Waals surface area contributed by atoms with Crippen LogP contribution in [0, 0.1) is 13.8 Å². The van der Waals surface area contributed by atoms with Crippen LogP contribution in [0.2, 0.25) is 0 Å². The Morgan fingerprint density at radius 1 is 1.14 bits per heavy atom. The highest BCUT2D eigenvalue weighted by molar-refractivity contribution is 5.40. The van der Waals surface area contributed by atoms with E-state index in [1.165, 1.54) is 13.0 Å². The zero-order chi connectivity index (χ0) is 10.9. The molecule has 2 N–H and O–H groups in total. The third kappa shape index (κ3) is 1.90. The molecule has 0 saturated carbocycles. The third-order valence-corrected chi connectivity index (χ3v) is 2.42. The summed E-state index contributed by atoms with van der Waals surface area (Å²) in [4.78, 5) is 0. The molecule has 0 atom stereocenters. The monoisotopic (exact) mass is 203 g/mol. The van der Waals surface area contributed by atoms with Gasteiger partial charge < -0.3 is 5.73 Å². The number of halogens is 3. The number of rotatable bonds is 1. The predicted octanol–water partition coefficient (Wildman–Crippen LogP) is 2.78. The van der Waals surface area contributed by atoms with Crippen molar-refractivity contribution in [3.8, 4) is 0 Å². The zero-order valence-electron chi connectivity index (χ0n) is 8.07. The molecule has 0 saturated heterocycles. The minimum atomic E-state index is -4.28. The average Bonchev–Trinajstić information content (AvgIpc) is 2.07. The highest BCUT2D eigenvalue weighted by Crippen LogP contribution is 2.33. The smallest absolute Gasteiger partial charge is 0.326 e. The number of hydrogen-bond donors (Lipinski definition) is 1. The van der Waals surface area contributed by atoms with E-state index in [4.69, 9.17) is 5.73 Å². The highest BCUT2D eigenvalue weighted by Gasteiger charge is 2.32. The topological polar surface area (TPSA) is 26.0 Å². The summed E-state index contributed by atoms with van der Waals surface area (Å²) in [6.07, 6.45) is -4.28. The van der Waals surface area contributed by atoms with Crippen molar-refractivity contribution in [1.82, 2.24) is 0 Å². The van der Waals surface area contributed by atoms with Crippen LogP contribution in [0.1, 0.15) is 22.3 Å². The zero-order valence-corrected chi connectivity index (χ0v) is 8.07. The summed E-state index contributed by atoms with van der Waals surface area (Å²) in [5.41, 5.74) is 6.47. The molecule has 0 radical (unpaired) electrons. The van der Waals surface area contributed by atoms with Crippen molar-refractivity contribution < 1.29 is 13.2 Å². The molecule has 0 heterocycles. The van der Waals surface area contributed by atoms with Crippen LogP contribution < -0.4 is 5.73 Å². The van der Waals surface area contributed by atoms with Gasteiger partial charge in [-0.2, -0.15) is 13.2 Å². The largest absolute Gasteiger partial charge is 0.416 e. The minimum absolute atomic E-state index is 0.264. The molecular formula is C10H12F3N. The lowest BCUT2D eigenvalue weighted by atomic mass is 9.98. The summed E-state index contributed by atoms with van der Waals surface area (Å²) in [5, 5.41) is 0. The first kappa shape index (κ1) is 11.0. The fourth-order valence-electron chi connectivity index (χ4n) is 1.40. The van der Waals surface area contributed by atoms with Crippen molar-refractivity contribution in [2.24, 2.45) is 5.73 Å². The second kappa shape index (κ2) is 3.61. The molecule has 0 amide bonds. The van der Waals surface area contributed by atoms with Crippen LogP contribution in [0.4, 0.5) is 13.2 Å². The third-order valence-electron chi connectivity index (χ3n) is 2.42. The summed E-state index contributed by atoms with van der Waals surface area (Å²) >= 11 is 0. The molecular weight excluding hydrogens is 191 g/mol. The summed E-state index contributed by atoms with van der Waals surface area (Å²) in [6, 6.07) is 2.52. The van der Waals surface area contributed by atoms with E-state index in [1.54, 1.807) is 6.92 Å². The van der Waals surface area contributed by atoms with Crippen molar-refractivity contribution in [3.63, 3.8) is 0 Å². The molecule has 1 rings (SSSR count). The van der Waals surface area contributed by atoms with E-state index in [-0.39, 0.29) is 12.1 Å². The Hall–Kier alpha value is -1.03. The van der Waals surface area contributed by atoms with Crippen molar-refractivity contribution in [1.29, 1.82) is 0 Å². The molecule has 1 aromatic rings. The Morgan fingerprint density at radius 2 is 1.71 bits per heavy atom. The van der Waals surface area contributed by atoms with Gasteiger partial charge in [-0.1, -0.05) is 6.07 Å². The molecule has 14 heavy (non-hydrogen) atoms. The lowest BCUT2D eigenvalue weighted by molar-refractivity contribution is -0.138. The van der Waals surface area contributed by atoms with Gasteiger partial charge in [0.1, 0.15) is 0 Å². The Balaban J connectivity index is 3.31. The minimum Gasteiger partial charge on any atom is -0.326 e. The van der Waals surface area contributed by atoms with Gasteiger partial charge in [0.25, 0.3) is 0 Å². The van der Waals surface area contributed by atoms with Crippen LogP contribution in [0.25, 0.3) is 0 Å². The number of benzene rings is 1. The maximum Gasteiger partial charge on any atom is 0.416 e. The SMILES string of the molecule is Cc1c(CN)ccc(C(F)(F)F)c1C. The van der Waals surface area contributed by atoms with E-state index in [2.05, 4.69) is 0 Å². The quantitative estimate of drug-likeness (QED) is 0.746. The summed E-state index contributed by atoms with van der Waals surface area (Å²) in [6.45, 7) is 3.40. The van der Waals surface area contributed by atoms with Gasteiger partial charge >= 0.3 is 6.18 Å². The first-order chi connectivity index (χ1) is 6.38. The van der Waals surface area contributed by atoms with E-state index in [0.29, 0.717) is 5.56 Å². The van der Waals surface area contributed by atoms with Crippen molar-refractivity contribution >= 4 is 0 Å². The van der Waals surface area contributed by atoms with Gasteiger partial charge in [0.2, 0.25) is 0 Å². The summed E-state index contributed by atoms with van der Waals surface area (Å²) in [5.74, 6) is 0. The predicted molar refractivity (Wildman–Crippen MR) is 48.8 cm³/mol. The first-order valence-corrected chi connectivity index (χ1v) is 4.24. The summed E-state index contributed by atoms with van der Waals surface area (Å²) < 4.78 is 37.3. The molecule has 0 unspecified atom stereocenters. The van der Waals surface area contributed by atoms with E-state index < -0.39 is 11.7 Å². The van der Waals surface area contributed by atoms with Gasteiger partial charge in [0.05, 0.1) is 5.56 Å². The van der Waals surface area contributed by atoms with Crippen LogP contribution in [0.15, 0.2) is 12.1 Å². The van der Waals surface area contributed by atoms with Crippen molar-refractivity contribution in [2.45, 2.75) is 26.6 Å². The molecule has 4 heteroatoms. The molecule has 0 fully saturated rings. The normalized spacial score (nSPS) is 11.9. The molecule has 1 nitrogen and oxygen atoms in total. The van der Waals surface area contributed by atoms with Crippen LogP contribution in [-0.4, -0.2) is 0 Å². The highest BCUT2D eigenvalue weighted by atomic mass is 19.4. The average molecular weight is 203 g/mol. The molecule has 0 aliphatic carbocycles. The van der Waals surface area contributed by atoms with Crippen LogP contribution in [0.3, 0.4) is 0 Å². The van der Waals surface area contributed by atoms with Crippen LogP contribution >= 0.6 is 0 Å². The van der Waals surface area contributed by atoms with Crippen molar-refractivity contribution in [2.75, 3.05) is 0 Å². The molecule has 0 aromatic heterocycles. The Labute approximate surface area is 80.7 Å². The van der Waals surface area contributed by atoms with Gasteiger partial charge in [-0.3, -0.25) is 0 Å². The molecule has 0 bridgehead atoms. The lowest BCUT2D eigenvalue weighted by Gasteiger charge is -2.14. The van der Waals surface area contributed by atoms with Gasteiger partial charge in [-0.05, 0) is 36.6 Å². The number of alkyl halides is 3. The Kier molecular flexibility index (Phi) is 2.85. The van der Waals surface area contributed by atoms with Gasteiger partial charge in [-0.15, -0.1) is 0 Å². The van der Waals surface area contributed by atoms with Gasteiger partial charge in [0, 0.05) is 6.54 Å². The summed E-state index contributed by atoms with van der Waals surface area (Å²) in [7, 11) is 0. The number of nitrogens with two attached hydrogens (primary N) is 1. The second-order valence-corrected chi connectivity index (χ2v) is 3.22. The second-order valence-electron chi connectivity index (χ2n) is 3.22. The molecule has 0 spiro atoms. The fraction of sp³-hybridized carbons (Fsp3) is 0.400. The van der Waals surface area contributed by atoms with E-state index >= 15 is 0 Å². The molecule has 1 aromatic carbocycles. The molecule has 0 aliphatic rings. The lowest BCUT2D eigenvalue weighted by Crippen LogP contribution is -2.10. The number of hydrogen-bond acceptors (Lipinski definition) is 1. The maximum absolute atomic E-state index is 12.4. The van der Waals surface area contributed by atoms with E-state index in [0.717, 1.165) is 11.6 Å². The van der Waals surface area contributed by atoms with Gasteiger partial charge in [-0.25, -0.2) is 0 Å². The standard InChI is InChI=1S/C10H12F3N/c1-6-7(2)9(10(11,12)13)4-3-8(6)5-14/h3-4H,5,14H2,1-2H3. The molecule has 0 aliphatic heterocycles. The Morgan fingerprint density at radius 3 is 2.14 bits per heavy atom. The Bertz CT molecular complexity index is 342. The van der Waals surface area contributed by atoms with E-state index in [1.807, 2.05) is 0 Å². The van der Waals surface area contributed by atoms with E-state index in [9.17, 15) is 13.2 Å². The maximum atomic E-state index is 12.4.